The van der Waals surface area contributed by atoms with Crippen molar-refractivity contribution in [2.75, 3.05) is 33.4 Å². The summed E-state index contributed by atoms with van der Waals surface area (Å²) in [7, 11) is 1.78. The van der Waals surface area contributed by atoms with Crippen molar-refractivity contribution in [2.24, 2.45) is 11.8 Å². The molecule has 0 radical (unpaired) electrons. The Morgan fingerprint density at radius 1 is 1.45 bits per heavy atom. The van der Waals surface area contributed by atoms with Gasteiger partial charge in [0.1, 0.15) is 0 Å². The van der Waals surface area contributed by atoms with Crippen LogP contribution in [0.1, 0.15) is 12.8 Å². The number of hydrogen-bond donors (Lipinski definition) is 0. The normalized spacial score (nSPS) is 36.8. The van der Waals surface area contributed by atoms with Gasteiger partial charge in [-0.2, -0.15) is 0 Å². The molecule has 1 aliphatic heterocycles. The van der Waals surface area contributed by atoms with Gasteiger partial charge >= 0.3 is 0 Å². The zero-order valence-corrected chi connectivity index (χ0v) is 7.25. The third-order valence-corrected chi connectivity index (χ3v) is 2.99. The molecule has 0 spiro atoms. The summed E-state index contributed by atoms with van der Waals surface area (Å²) in [6, 6.07) is 0. The van der Waals surface area contributed by atoms with Crippen LogP contribution in [0.3, 0.4) is 0 Å². The van der Waals surface area contributed by atoms with Gasteiger partial charge in [-0.15, -0.1) is 0 Å². The highest BCUT2D eigenvalue weighted by atomic mass is 16.5. The number of piperidine rings is 1. The Bertz CT molecular complexity index is 138. The van der Waals surface area contributed by atoms with Crippen molar-refractivity contribution in [3.8, 4) is 0 Å². The van der Waals surface area contributed by atoms with E-state index in [1.807, 2.05) is 0 Å². The smallest absolute Gasteiger partial charge is 0.0589 e. The largest absolute Gasteiger partial charge is 0.383 e. The first-order chi connectivity index (χ1) is 5.40. The van der Waals surface area contributed by atoms with Crippen molar-refractivity contribution < 1.29 is 4.74 Å². The summed E-state index contributed by atoms with van der Waals surface area (Å²) >= 11 is 0. The highest BCUT2D eigenvalue weighted by molar-refractivity contribution is 4.92. The minimum atomic E-state index is 0.900. The van der Waals surface area contributed by atoms with Crippen molar-refractivity contribution in [1.82, 2.24) is 4.90 Å². The fourth-order valence-electron chi connectivity index (χ4n) is 2.08. The molecule has 2 fully saturated rings. The molecule has 0 N–H and O–H groups in total. The predicted molar refractivity (Wildman–Crippen MR) is 44.5 cm³/mol. The fraction of sp³-hybridized carbons (Fsp3) is 1.00. The van der Waals surface area contributed by atoms with Crippen molar-refractivity contribution >= 4 is 0 Å². The molecule has 11 heavy (non-hydrogen) atoms. The maximum atomic E-state index is 5.05. The van der Waals surface area contributed by atoms with Gasteiger partial charge in [-0.05, 0) is 31.2 Å². The van der Waals surface area contributed by atoms with E-state index >= 15 is 0 Å². The topological polar surface area (TPSA) is 12.5 Å². The molecule has 1 saturated heterocycles. The van der Waals surface area contributed by atoms with E-state index in [1.54, 1.807) is 7.11 Å². The third-order valence-electron chi connectivity index (χ3n) is 2.99. The van der Waals surface area contributed by atoms with Crippen LogP contribution < -0.4 is 0 Å². The van der Waals surface area contributed by atoms with Gasteiger partial charge in [-0.3, -0.25) is 0 Å². The summed E-state index contributed by atoms with van der Waals surface area (Å²) in [4.78, 5) is 2.54. The lowest BCUT2D eigenvalue weighted by molar-refractivity contribution is 0.132. The Morgan fingerprint density at radius 2 is 2.36 bits per heavy atom. The summed E-state index contributed by atoms with van der Waals surface area (Å²) < 4.78 is 5.05. The van der Waals surface area contributed by atoms with Gasteiger partial charge in [-0.25, -0.2) is 0 Å². The molecule has 2 atom stereocenters. The second kappa shape index (κ2) is 3.11. The molecule has 0 bridgehead atoms. The van der Waals surface area contributed by atoms with Gasteiger partial charge in [0.25, 0.3) is 0 Å². The predicted octanol–water partition coefficient (Wildman–Crippen LogP) is 0.975. The number of fused-ring (bicyclic) bond motifs is 1. The highest BCUT2D eigenvalue weighted by Crippen LogP contribution is 2.44. The van der Waals surface area contributed by atoms with Crippen molar-refractivity contribution in [3.63, 3.8) is 0 Å². The van der Waals surface area contributed by atoms with Crippen LogP contribution in [0.2, 0.25) is 0 Å². The summed E-state index contributed by atoms with van der Waals surface area (Å²) in [5.74, 6) is 2.16. The van der Waals surface area contributed by atoms with Crippen LogP contribution in [0.15, 0.2) is 0 Å². The van der Waals surface area contributed by atoms with Gasteiger partial charge < -0.3 is 9.64 Å². The zero-order chi connectivity index (χ0) is 7.68. The van der Waals surface area contributed by atoms with E-state index in [0.29, 0.717) is 0 Å². The van der Waals surface area contributed by atoms with Gasteiger partial charge in [0.05, 0.1) is 6.61 Å². The molecule has 0 aromatic rings. The van der Waals surface area contributed by atoms with E-state index in [4.69, 9.17) is 4.74 Å². The Hall–Kier alpha value is -0.0800. The number of methoxy groups -OCH3 is 1. The van der Waals surface area contributed by atoms with Crippen LogP contribution in [0.25, 0.3) is 0 Å². The lowest BCUT2D eigenvalue weighted by Gasteiger charge is -2.25. The van der Waals surface area contributed by atoms with E-state index < -0.39 is 0 Å². The molecular weight excluding hydrogens is 138 g/mol. The Labute approximate surface area is 68.5 Å². The van der Waals surface area contributed by atoms with Crippen LogP contribution in [0.5, 0.6) is 0 Å². The molecule has 2 rings (SSSR count). The SMILES string of the molecule is COCCN1CCC2CC2C1. The second-order valence-electron chi connectivity index (χ2n) is 3.84. The van der Waals surface area contributed by atoms with E-state index in [2.05, 4.69) is 4.90 Å². The molecule has 0 aromatic heterocycles. The fourth-order valence-corrected chi connectivity index (χ4v) is 2.08. The number of hydrogen-bond acceptors (Lipinski definition) is 2. The minimum Gasteiger partial charge on any atom is -0.383 e. The minimum absolute atomic E-state index is 0.900. The summed E-state index contributed by atoms with van der Waals surface area (Å²) in [6.45, 7) is 4.69. The lowest BCUT2D eigenvalue weighted by atomic mass is 10.1. The van der Waals surface area contributed by atoms with Crippen molar-refractivity contribution in [3.05, 3.63) is 0 Å². The number of likely N-dealkylation sites (tertiary alicyclic amines) is 1. The first-order valence-corrected chi connectivity index (χ1v) is 4.61. The summed E-state index contributed by atoms with van der Waals surface area (Å²) in [6.07, 6.45) is 2.94. The van der Waals surface area contributed by atoms with Crippen LogP contribution >= 0.6 is 0 Å². The summed E-state index contributed by atoms with van der Waals surface area (Å²) in [5.41, 5.74) is 0. The Kier molecular flexibility index (Phi) is 2.14. The quantitative estimate of drug-likeness (QED) is 0.602. The molecule has 64 valence electrons. The molecule has 1 aliphatic carbocycles. The van der Waals surface area contributed by atoms with Crippen LogP contribution in [-0.2, 0) is 4.74 Å². The maximum absolute atomic E-state index is 5.05. The average Bonchev–Trinajstić information content (AvgIpc) is 2.78. The Morgan fingerprint density at radius 3 is 3.09 bits per heavy atom. The zero-order valence-electron chi connectivity index (χ0n) is 7.25. The first-order valence-electron chi connectivity index (χ1n) is 4.61. The van der Waals surface area contributed by atoms with Gasteiger partial charge in [0, 0.05) is 20.2 Å². The lowest BCUT2D eigenvalue weighted by Crippen LogP contribution is -2.33. The molecule has 1 heterocycles. The second-order valence-corrected chi connectivity index (χ2v) is 3.84. The van der Waals surface area contributed by atoms with Gasteiger partial charge in [0.2, 0.25) is 0 Å². The van der Waals surface area contributed by atoms with Crippen LogP contribution in [0, 0.1) is 11.8 Å². The maximum Gasteiger partial charge on any atom is 0.0589 e. The standard InChI is InChI=1S/C9H17NO/c1-11-5-4-10-3-2-8-6-9(8)7-10/h8-9H,2-7H2,1H3. The average molecular weight is 155 g/mol. The molecule has 2 heteroatoms. The molecule has 2 aliphatic rings. The monoisotopic (exact) mass is 155 g/mol. The molecular formula is C9H17NO. The molecule has 1 saturated carbocycles. The van der Waals surface area contributed by atoms with E-state index in [-0.39, 0.29) is 0 Å². The third kappa shape index (κ3) is 1.74. The first kappa shape index (κ1) is 7.56. The van der Waals surface area contributed by atoms with E-state index in [9.17, 15) is 0 Å². The van der Waals surface area contributed by atoms with Crippen LogP contribution in [-0.4, -0.2) is 38.3 Å². The Balaban J connectivity index is 1.68. The number of nitrogens with zero attached hydrogens (tertiary/aromatic N) is 1. The highest BCUT2D eigenvalue weighted by Gasteiger charge is 2.40. The summed E-state index contributed by atoms with van der Waals surface area (Å²) in [5, 5.41) is 0. The van der Waals surface area contributed by atoms with E-state index in [0.717, 1.165) is 25.0 Å². The van der Waals surface area contributed by atoms with Crippen molar-refractivity contribution in [2.45, 2.75) is 12.8 Å². The number of ether oxygens (including phenoxy) is 1. The van der Waals surface area contributed by atoms with Crippen LogP contribution in [0.4, 0.5) is 0 Å². The molecule has 0 amide bonds. The molecule has 0 aromatic carbocycles. The molecule has 2 nitrogen and oxygen atoms in total. The molecule has 2 unspecified atom stereocenters. The number of rotatable bonds is 3. The van der Waals surface area contributed by atoms with Crippen molar-refractivity contribution in [1.29, 1.82) is 0 Å². The van der Waals surface area contributed by atoms with Gasteiger partial charge in [-0.1, -0.05) is 0 Å². The van der Waals surface area contributed by atoms with E-state index in [1.165, 1.54) is 25.9 Å². The van der Waals surface area contributed by atoms with Gasteiger partial charge in [0.15, 0.2) is 0 Å².